The van der Waals surface area contributed by atoms with E-state index in [9.17, 15) is 8.78 Å². The van der Waals surface area contributed by atoms with Crippen molar-refractivity contribution in [1.82, 2.24) is 14.8 Å². The van der Waals surface area contributed by atoms with Gasteiger partial charge in [-0.05, 0) is 35.9 Å². The molecule has 3 aromatic rings. The molecule has 0 fully saturated rings. The summed E-state index contributed by atoms with van der Waals surface area (Å²) in [6.45, 7) is -2.96. The number of fused-ring (bicyclic) bond motifs is 1. The van der Waals surface area contributed by atoms with Gasteiger partial charge in [0.05, 0.1) is 11.8 Å². The summed E-state index contributed by atoms with van der Waals surface area (Å²) in [5.41, 5.74) is 3.13. The molecular weight excluding hydrogens is 400 g/mol. The van der Waals surface area contributed by atoms with Crippen LogP contribution in [0.15, 0.2) is 53.8 Å². The molecule has 0 bridgehead atoms. The van der Waals surface area contributed by atoms with E-state index in [-0.39, 0.29) is 11.8 Å². The molecule has 2 aromatic carbocycles. The third kappa shape index (κ3) is 3.93. The second-order valence-corrected chi connectivity index (χ2v) is 7.22. The van der Waals surface area contributed by atoms with Crippen molar-refractivity contribution in [2.45, 2.75) is 19.1 Å². The van der Waals surface area contributed by atoms with Crippen molar-refractivity contribution in [2.24, 2.45) is 4.99 Å². The van der Waals surface area contributed by atoms with Gasteiger partial charge in [0.25, 0.3) is 0 Å². The number of nitrogens with zero attached hydrogens (tertiary/aromatic N) is 5. The lowest BCUT2D eigenvalue weighted by Crippen LogP contribution is -2.22. The van der Waals surface area contributed by atoms with Crippen LogP contribution in [0.2, 0.25) is 5.02 Å². The molecule has 2 heterocycles. The summed E-state index contributed by atoms with van der Waals surface area (Å²) in [5.74, 6) is 0.395. The fourth-order valence-electron chi connectivity index (χ4n) is 3.33. The Bertz CT molecular complexity index is 1050. The van der Waals surface area contributed by atoms with Crippen LogP contribution in [0.25, 0.3) is 0 Å². The Labute approximate surface area is 171 Å². The summed E-state index contributed by atoms with van der Waals surface area (Å²) < 4.78 is 32.2. The van der Waals surface area contributed by atoms with Gasteiger partial charge in [0, 0.05) is 36.8 Å². The van der Waals surface area contributed by atoms with Crippen LogP contribution in [0.5, 0.6) is 5.75 Å². The summed E-state index contributed by atoms with van der Waals surface area (Å²) in [6, 6.07) is 12.5. The van der Waals surface area contributed by atoms with E-state index in [4.69, 9.17) is 11.6 Å². The van der Waals surface area contributed by atoms with Crippen LogP contribution in [0.3, 0.4) is 0 Å². The van der Waals surface area contributed by atoms with E-state index in [1.54, 1.807) is 16.8 Å². The molecule has 1 unspecified atom stereocenters. The number of hydrogen-bond donors (Lipinski definition) is 0. The lowest BCUT2D eigenvalue weighted by molar-refractivity contribution is -0.0499. The van der Waals surface area contributed by atoms with Gasteiger partial charge in [0.2, 0.25) is 5.95 Å². The minimum Gasteiger partial charge on any atom is -0.434 e. The maximum atomic E-state index is 12.9. The molecule has 0 amide bonds. The third-order valence-corrected chi connectivity index (χ3v) is 4.97. The fraction of sp³-hybridized carbons (Fsp3) is 0.250. The fourth-order valence-corrected chi connectivity index (χ4v) is 3.49. The Morgan fingerprint density at radius 2 is 1.93 bits per heavy atom. The number of aromatic nitrogens is 3. The average Bonchev–Trinajstić information content (AvgIpc) is 3.15. The van der Waals surface area contributed by atoms with Gasteiger partial charge < -0.3 is 9.64 Å². The summed E-state index contributed by atoms with van der Waals surface area (Å²) in [5, 5.41) is 4.61. The molecule has 0 saturated carbocycles. The number of benzene rings is 2. The average molecular weight is 418 g/mol. The second kappa shape index (κ2) is 7.79. The number of anilines is 1. The van der Waals surface area contributed by atoms with E-state index in [2.05, 4.69) is 19.8 Å². The number of ether oxygens (including phenoxy) is 1. The first-order valence-electron chi connectivity index (χ1n) is 8.91. The highest BCUT2D eigenvalue weighted by Crippen LogP contribution is 2.36. The van der Waals surface area contributed by atoms with E-state index in [1.807, 2.05) is 43.3 Å². The van der Waals surface area contributed by atoms with Crippen molar-refractivity contribution in [1.29, 1.82) is 0 Å². The monoisotopic (exact) mass is 417 g/mol. The molecule has 150 valence electrons. The quantitative estimate of drug-likeness (QED) is 0.603. The van der Waals surface area contributed by atoms with Gasteiger partial charge in [-0.3, -0.25) is 0 Å². The zero-order valence-corrected chi connectivity index (χ0v) is 16.5. The van der Waals surface area contributed by atoms with Gasteiger partial charge in [0.15, 0.2) is 0 Å². The maximum Gasteiger partial charge on any atom is 0.387 e. The van der Waals surface area contributed by atoms with Crippen LogP contribution in [0, 0.1) is 0 Å². The highest BCUT2D eigenvalue weighted by atomic mass is 35.5. The van der Waals surface area contributed by atoms with Crippen molar-refractivity contribution in [3.63, 3.8) is 0 Å². The normalized spacial score (nSPS) is 15.8. The summed E-state index contributed by atoms with van der Waals surface area (Å²) in [4.78, 5) is 10.7. The van der Waals surface area contributed by atoms with Gasteiger partial charge in [-0.15, -0.1) is 0 Å². The molecule has 6 nitrogen and oxygen atoms in total. The molecule has 1 atom stereocenters. The van der Waals surface area contributed by atoms with Crippen molar-refractivity contribution in [3.05, 3.63) is 64.9 Å². The van der Waals surface area contributed by atoms with Crippen LogP contribution in [0.4, 0.5) is 20.4 Å². The zero-order valence-electron chi connectivity index (χ0n) is 15.8. The van der Waals surface area contributed by atoms with Gasteiger partial charge in [-0.25, -0.2) is 9.67 Å². The molecule has 1 aliphatic heterocycles. The highest BCUT2D eigenvalue weighted by Gasteiger charge is 2.28. The largest absolute Gasteiger partial charge is 0.434 e. The first-order chi connectivity index (χ1) is 13.9. The number of alkyl halides is 2. The highest BCUT2D eigenvalue weighted by molar-refractivity contribution is 6.31. The van der Waals surface area contributed by atoms with E-state index in [0.717, 1.165) is 11.3 Å². The van der Waals surface area contributed by atoms with Crippen LogP contribution >= 0.6 is 11.6 Å². The Hall–Kier alpha value is -3.00. The number of halogens is 3. The SMILES string of the molecule is CN(C)c1ccc(C2CC(c3ccc(Cl)cc3OC(F)F)=Nc3ncnn32)cc1. The van der Waals surface area contributed by atoms with Gasteiger partial charge in [0.1, 0.15) is 12.1 Å². The van der Waals surface area contributed by atoms with Gasteiger partial charge in [-0.1, -0.05) is 23.7 Å². The molecule has 0 spiro atoms. The minimum absolute atomic E-state index is 0.0130. The van der Waals surface area contributed by atoms with Crippen molar-refractivity contribution in [2.75, 3.05) is 19.0 Å². The standard InChI is InChI=1S/C20H18ClF2N5O/c1-27(2)14-6-3-12(4-7-14)17-10-16(26-20-24-11-25-28(17)20)15-8-5-13(21)9-18(15)29-19(22)23/h3-9,11,17,19H,10H2,1-2H3. The number of hydrogen-bond acceptors (Lipinski definition) is 5. The second-order valence-electron chi connectivity index (χ2n) is 6.79. The predicted molar refractivity (Wildman–Crippen MR) is 108 cm³/mol. The Kier molecular flexibility index (Phi) is 5.19. The molecule has 9 heteroatoms. The van der Waals surface area contributed by atoms with Crippen molar-refractivity contribution >= 4 is 28.9 Å². The number of aliphatic imine (C=N–C) groups is 1. The predicted octanol–water partition coefficient (Wildman–Crippen LogP) is 4.71. The van der Waals surface area contributed by atoms with Crippen LogP contribution in [0.1, 0.15) is 23.6 Å². The molecule has 0 aliphatic carbocycles. The zero-order chi connectivity index (χ0) is 20.5. The van der Waals surface area contributed by atoms with E-state index >= 15 is 0 Å². The molecule has 1 aliphatic rings. The molecule has 1 aromatic heterocycles. The third-order valence-electron chi connectivity index (χ3n) is 4.74. The van der Waals surface area contributed by atoms with Crippen molar-refractivity contribution < 1.29 is 13.5 Å². The summed E-state index contributed by atoms with van der Waals surface area (Å²) in [7, 11) is 3.95. The van der Waals surface area contributed by atoms with Crippen molar-refractivity contribution in [3.8, 4) is 5.75 Å². The van der Waals surface area contributed by atoms with E-state index in [0.29, 0.717) is 28.7 Å². The Morgan fingerprint density at radius 3 is 2.62 bits per heavy atom. The van der Waals surface area contributed by atoms with E-state index < -0.39 is 6.61 Å². The minimum atomic E-state index is -2.96. The first-order valence-corrected chi connectivity index (χ1v) is 9.29. The lowest BCUT2D eigenvalue weighted by atomic mass is 9.95. The molecule has 0 N–H and O–H groups in total. The molecular formula is C20H18ClF2N5O. The molecule has 0 saturated heterocycles. The molecule has 4 rings (SSSR count). The van der Waals surface area contributed by atoms with Gasteiger partial charge >= 0.3 is 6.61 Å². The molecule has 29 heavy (non-hydrogen) atoms. The number of rotatable bonds is 5. The summed E-state index contributed by atoms with van der Waals surface area (Å²) in [6.07, 6.45) is 1.88. The van der Waals surface area contributed by atoms with E-state index in [1.165, 1.54) is 12.4 Å². The van der Waals surface area contributed by atoms with Crippen LogP contribution in [-0.2, 0) is 0 Å². The lowest BCUT2D eigenvalue weighted by Gasteiger charge is -2.25. The Morgan fingerprint density at radius 1 is 1.17 bits per heavy atom. The van der Waals surface area contributed by atoms with Gasteiger partial charge in [-0.2, -0.15) is 18.9 Å². The Balaban J connectivity index is 1.74. The maximum absolute atomic E-state index is 12.9. The van der Waals surface area contributed by atoms with Crippen LogP contribution < -0.4 is 9.64 Å². The van der Waals surface area contributed by atoms with Crippen LogP contribution in [-0.4, -0.2) is 41.2 Å². The first kappa shape index (κ1) is 19.3. The molecule has 0 radical (unpaired) electrons. The smallest absolute Gasteiger partial charge is 0.387 e. The summed E-state index contributed by atoms with van der Waals surface area (Å²) >= 11 is 5.97. The topological polar surface area (TPSA) is 55.5 Å².